The summed E-state index contributed by atoms with van der Waals surface area (Å²) >= 11 is 5.81. The molecule has 17 heavy (non-hydrogen) atoms. The van der Waals surface area contributed by atoms with Gasteiger partial charge in [-0.1, -0.05) is 17.7 Å². The minimum absolute atomic E-state index is 0.112. The topological polar surface area (TPSA) is 63.4 Å². The fourth-order valence-electron chi connectivity index (χ4n) is 1.89. The number of nitrogens with two attached hydrogens (primary N) is 1. The van der Waals surface area contributed by atoms with Gasteiger partial charge in [-0.25, -0.2) is 8.42 Å². The summed E-state index contributed by atoms with van der Waals surface area (Å²) in [5, 5.41) is 0.430. The first-order valence-corrected chi connectivity index (χ1v) is 7.33. The molecule has 0 unspecified atom stereocenters. The van der Waals surface area contributed by atoms with Gasteiger partial charge in [0.1, 0.15) is 0 Å². The Labute approximate surface area is 106 Å². The molecular formula is C11H15ClN2O2S. The van der Waals surface area contributed by atoms with Crippen LogP contribution in [-0.2, 0) is 10.0 Å². The molecular weight excluding hydrogens is 260 g/mol. The van der Waals surface area contributed by atoms with Gasteiger partial charge in [-0.2, -0.15) is 4.31 Å². The lowest BCUT2D eigenvalue weighted by molar-refractivity contribution is 0.320. The Morgan fingerprint density at radius 2 is 1.94 bits per heavy atom. The molecule has 1 heterocycles. The lowest BCUT2D eigenvalue weighted by Gasteiger charge is -2.29. The maximum Gasteiger partial charge on any atom is 0.243 e. The Kier molecular flexibility index (Phi) is 3.73. The Hall–Kier alpha value is -0.620. The molecule has 1 fully saturated rings. The first-order valence-electron chi connectivity index (χ1n) is 5.51. The SMILES string of the molecule is NC1CCN(S(=O)(=O)c2cccc(Cl)c2)CC1. The second-order valence-corrected chi connectivity index (χ2v) is 6.57. The highest BCUT2D eigenvalue weighted by molar-refractivity contribution is 7.89. The molecule has 4 nitrogen and oxygen atoms in total. The summed E-state index contributed by atoms with van der Waals surface area (Å²) in [6.45, 7) is 0.964. The highest BCUT2D eigenvalue weighted by Crippen LogP contribution is 2.22. The number of rotatable bonds is 2. The summed E-state index contributed by atoms with van der Waals surface area (Å²) in [6, 6.07) is 6.46. The average molecular weight is 275 g/mol. The Balaban J connectivity index is 2.25. The van der Waals surface area contributed by atoms with Gasteiger partial charge in [0.25, 0.3) is 0 Å². The number of piperidine rings is 1. The maximum atomic E-state index is 12.3. The van der Waals surface area contributed by atoms with E-state index in [1.54, 1.807) is 18.2 Å². The first-order chi connectivity index (χ1) is 8.00. The van der Waals surface area contributed by atoms with E-state index < -0.39 is 10.0 Å². The summed E-state index contributed by atoms with van der Waals surface area (Å²) < 4.78 is 26.0. The van der Waals surface area contributed by atoms with E-state index in [0.717, 1.165) is 0 Å². The third-order valence-corrected chi connectivity index (χ3v) is 5.06. The largest absolute Gasteiger partial charge is 0.328 e. The summed E-state index contributed by atoms with van der Waals surface area (Å²) in [6.07, 6.45) is 1.42. The number of sulfonamides is 1. The van der Waals surface area contributed by atoms with Crippen LogP contribution in [0.4, 0.5) is 0 Å². The van der Waals surface area contributed by atoms with Gasteiger partial charge in [0.15, 0.2) is 0 Å². The van der Waals surface area contributed by atoms with E-state index in [1.807, 2.05) is 0 Å². The summed E-state index contributed by atoms with van der Waals surface area (Å²) in [5.41, 5.74) is 5.76. The molecule has 0 radical (unpaired) electrons. The molecule has 0 aromatic heterocycles. The predicted molar refractivity (Wildman–Crippen MR) is 67.4 cm³/mol. The van der Waals surface area contributed by atoms with Crippen LogP contribution < -0.4 is 5.73 Å². The Morgan fingerprint density at radius 3 is 2.53 bits per heavy atom. The van der Waals surface area contributed by atoms with Crippen molar-refractivity contribution >= 4 is 21.6 Å². The van der Waals surface area contributed by atoms with E-state index in [1.165, 1.54) is 10.4 Å². The molecule has 1 saturated heterocycles. The number of hydrogen-bond donors (Lipinski definition) is 1. The molecule has 0 amide bonds. The van der Waals surface area contributed by atoms with Crippen LogP contribution in [0.25, 0.3) is 0 Å². The molecule has 2 rings (SSSR count). The lowest BCUT2D eigenvalue weighted by atomic mass is 10.1. The van der Waals surface area contributed by atoms with Crippen molar-refractivity contribution in [1.29, 1.82) is 0 Å². The first kappa shape index (κ1) is 12.8. The highest BCUT2D eigenvalue weighted by atomic mass is 35.5. The van der Waals surface area contributed by atoms with Crippen LogP contribution in [0.1, 0.15) is 12.8 Å². The molecule has 6 heteroatoms. The molecule has 1 aliphatic heterocycles. The van der Waals surface area contributed by atoms with E-state index in [0.29, 0.717) is 31.0 Å². The maximum absolute atomic E-state index is 12.3. The normalized spacial score (nSPS) is 19.4. The van der Waals surface area contributed by atoms with Crippen LogP contribution in [0.15, 0.2) is 29.2 Å². The fraction of sp³-hybridized carbons (Fsp3) is 0.455. The van der Waals surface area contributed by atoms with Gasteiger partial charge >= 0.3 is 0 Å². The molecule has 0 aliphatic carbocycles. The fourth-order valence-corrected chi connectivity index (χ4v) is 3.66. The number of hydrogen-bond acceptors (Lipinski definition) is 3. The van der Waals surface area contributed by atoms with Crippen LogP contribution in [0.2, 0.25) is 5.02 Å². The van der Waals surface area contributed by atoms with Gasteiger partial charge in [-0.05, 0) is 31.0 Å². The van der Waals surface area contributed by atoms with E-state index in [9.17, 15) is 8.42 Å². The Morgan fingerprint density at radius 1 is 1.29 bits per heavy atom. The van der Waals surface area contributed by atoms with Crippen LogP contribution in [0.5, 0.6) is 0 Å². The summed E-state index contributed by atoms with van der Waals surface area (Å²) in [5.74, 6) is 0. The third kappa shape index (κ3) is 2.80. The van der Waals surface area contributed by atoms with E-state index in [4.69, 9.17) is 17.3 Å². The smallest absolute Gasteiger partial charge is 0.243 e. The minimum Gasteiger partial charge on any atom is -0.328 e. The second kappa shape index (κ2) is 4.94. The monoisotopic (exact) mass is 274 g/mol. The van der Waals surface area contributed by atoms with Gasteiger partial charge in [0.05, 0.1) is 4.90 Å². The predicted octanol–water partition coefficient (Wildman–Crippen LogP) is 1.45. The van der Waals surface area contributed by atoms with Crippen LogP contribution >= 0.6 is 11.6 Å². The van der Waals surface area contributed by atoms with Gasteiger partial charge in [0.2, 0.25) is 10.0 Å². The molecule has 1 aromatic carbocycles. The number of nitrogens with zero attached hydrogens (tertiary/aromatic N) is 1. The zero-order valence-corrected chi connectivity index (χ0v) is 10.9. The van der Waals surface area contributed by atoms with Crippen molar-refractivity contribution in [2.24, 2.45) is 5.73 Å². The molecule has 0 atom stereocenters. The average Bonchev–Trinajstić information content (AvgIpc) is 2.29. The van der Waals surface area contributed by atoms with Gasteiger partial charge in [0, 0.05) is 24.2 Å². The van der Waals surface area contributed by atoms with Crippen LogP contribution in [0, 0.1) is 0 Å². The quantitative estimate of drug-likeness (QED) is 0.888. The van der Waals surface area contributed by atoms with Gasteiger partial charge in [-0.3, -0.25) is 0 Å². The third-order valence-electron chi connectivity index (χ3n) is 2.93. The van der Waals surface area contributed by atoms with Crippen molar-refractivity contribution in [2.45, 2.75) is 23.8 Å². The zero-order chi connectivity index (χ0) is 12.5. The van der Waals surface area contributed by atoms with Gasteiger partial charge in [-0.15, -0.1) is 0 Å². The van der Waals surface area contributed by atoms with Crippen LogP contribution in [-0.4, -0.2) is 31.9 Å². The highest BCUT2D eigenvalue weighted by Gasteiger charge is 2.28. The van der Waals surface area contributed by atoms with Crippen molar-refractivity contribution in [1.82, 2.24) is 4.31 Å². The van der Waals surface area contributed by atoms with E-state index >= 15 is 0 Å². The molecule has 1 aliphatic rings. The minimum atomic E-state index is -3.41. The molecule has 0 bridgehead atoms. The molecule has 0 spiro atoms. The van der Waals surface area contributed by atoms with E-state index in [-0.39, 0.29) is 10.9 Å². The van der Waals surface area contributed by atoms with E-state index in [2.05, 4.69) is 0 Å². The second-order valence-electron chi connectivity index (χ2n) is 4.20. The van der Waals surface area contributed by atoms with Crippen molar-refractivity contribution in [2.75, 3.05) is 13.1 Å². The Bertz CT molecular complexity index is 496. The number of halogens is 1. The molecule has 1 aromatic rings. The lowest BCUT2D eigenvalue weighted by Crippen LogP contribution is -2.42. The molecule has 0 saturated carbocycles. The standard InChI is InChI=1S/C11H15ClN2O2S/c12-9-2-1-3-11(8-9)17(15,16)14-6-4-10(13)5-7-14/h1-3,8,10H,4-7,13H2. The van der Waals surface area contributed by atoms with Gasteiger partial charge < -0.3 is 5.73 Å². The zero-order valence-electron chi connectivity index (χ0n) is 9.34. The van der Waals surface area contributed by atoms with Crippen molar-refractivity contribution in [3.05, 3.63) is 29.3 Å². The molecule has 94 valence electrons. The summed E-state index contributed by atoms with van der Waals surface area (Å²) in [4.78, 5) is 0.250. The van der Waals surface area contributed by atoms with Crippen molar-refractivity contribution < 1.29 is 8.42 Å². The number of benzene rings is 1. The van der Waals surface area contributed by atoms with Crippen molar-refractivity contribution in [3.8, 4) is 0 Å². The van der Waals surface area contributed by atoms with Crippen molar-refractivity contribution in [3.63, 3.8) is 0 Å². The van der Waals surface area contributed by atoms with Crippen LogP contribution in [0.3, 0.4) is 0 Å². The molecule has 2 N–H and O–H groups in total. The summed E-state index contributed by atoms with van der Waals surface area (Å²) in [7, 11) is -3.41.